The third kappa shape index (κ3) is 6.88. The molecule has 0 aliphatic heterocycles. The van der Waals surface area contributed by atoms with Crippen LogP contribution >= 0.6 is 23.2 Å². The van der Waals surface area contributed by atoms with Crippen LogP contribution in [0.5, 0.6) is 17.2 Å². The molecular weight excluding hydrogens is 669 g/mol. The van der Waals surface area contributed by atoms with E-state index in [1.807, 2.05) is 0 Å². The van der Waals surface area contributed by atoms with Crippen LogP contribution in [-0.2, 0) is 20.2 Å². The number of ether oxygens (including phenoxy) is 1. The quantitative estimate of drug-likeness (QED) is 0.0697. The number of fused-ring (bicyclic) bond motifs is 1. The van der Waals surface area contributed by atoms with Crippen LogP contribution in [-0.4, -0.2) is 31.0 Å². The summed E-state index contributed by atoms with van der Waals surface area (Å²) in [5, 5.41) is 26.6. The van der Waals surface area contributed by atoms with Gasteiger partial charge in [-0.1, -0.05) is 53.5 Å². The minimum absolute atomic E-state index is 0.0155. The summed E-state index contributed by atoms with van der Waals surface area (Å²) in [7, 11) is -10.2. The lowest BCUT2D eigenvalue weighted by molar-refractivity contribution is 0.472. The van der Waals surface area contributed by atoms with Gasteiger partial charge in [-0.2, -0.15) is 16.8 Å². The van der Waals surface area contributed by atoms with Crippen LogP contribution in [0.1, 0.15) is 0 Å². The van der Waals surface area contributed by atoms with Crippen molar-refractivity contribution in [3.05, 3.63) is 95.0 Å². The third-order valence-electron chi connectivity index (χ3n) is 6.13. The Hall–Kier alpha value is -4.64. The highest BCUT2D eigenvalue weighted by molar-refractivity contribution is 7.86. The zero-order valence-corrected chi connectivity index (χ0v) is 25.5. The van der Waals surface area contributed by atoms with E-state index in [4.69, 9.17) is 33.7 Å². The summed E-state index contributed by atoms with van der Waals surface area (Å²) < 4.78 is 75.2. The van der Waals surface area contributed by atoms with E-state index in [2.05, 4.69) is 20.5 Å². The van der Waals surface area contributed by atoms with Gasteiger partial charge in [0.1, 0.15) is 38.3 Å². The number of nitrogens with two attached hydrogens (primary N) is 1. The molecule has 13 nitrogen and oxygen atoms in total. The maximum absolute atomic E-state index is 12.4. The summed E-state index contributed by atoms with van der Waals surface area (Å²) in [6, 6.07) is 20.8. The number of hydrogen-bond acceptors (Lipinski definition) is 11. The summed E-state index contributed by atoms with van der Waals surface area (Å²) in [5.41, 5.74) is 4.45. The fourth-order valence-corrected chi connectivity index (χ4v) is 5.77. The van der Waals surface area contributed by atoms with E-state index in [1.165, 1.54) is 24.3 Å². The number of halogens is 2. The van der Waals surface area contributed by atoms with Gasteiger partial charge < -0.3 is 15.6 Å². The molecule has 0 bridgehead atoms. The Bertz CT molecular complexity index is 2250. The summed E-state index contributed by atoms with van der Waals surface area (Å²) in [6.07, 6.45) is 0. The molecule has 0 atom stereocenters. The second-order valence-corrected chi connectivity index (χ2v) is 12.8. The zero-order valence-electron chi connectivity index (χ0n) is 22.4. The highest BCUT2D eigenvalue weighted by Crippen LogP contribution is 2.48. The van der Waals surface area contributed by atoms with Crippen molar-refractivity contribution in [1.29, 1.82) is 0 Å². The van der Waals surface area contributed by atoms with Crippen molar-refractivity contribution in [3.8, 4) is 17.2 Å². The molecule has 0 amide bonds. The minimum Gasteiger partial charge on any atom is -0.505 e. The van der Waals surface area contributed by atoms with Gasteiger partial charge in [-0.25, -0.2) is 0 Å². The van der Waals surface area contributed by atoms with Gasteiger partial charge >= 0.3 is 0 Å². The first-order valence-electron chi connectivity index (χ1n) is 12.4. The van der Waals surface area contributed by atoms with Crippen LogP contribution in [0.25, 0.3) is 10.8 Å². The van der Waals surface area contributed by atoms with Crippen molar-refractivity contribution >= 4 is 82.6 Å². The van der Waals surface area contributed by atoms with Crippen LogP contribution < -0.4 is 10.5 Å². The Morgan fingerprint density at radius 3 is 1.93 bits per heavy atom. The molecule has 17 heteroatoms. The second-order valence-electron chi connectivity index (χ2n) is 9.14. The number of rotatable bonds is 8. The van der Waals surface area contributed by atoms with Crippen molar-refractivity contribution in [3.63, 3.8) is 0 Å². The fourth-order valence-electron chi connectivity index (χ4n) is 4.12. The van der Waals surface area contributed by atoms with Crippen molar-refractivity contribution < 1.29 is 35.8 Å². The standard InChI is InChI=1S/C28H19Cl2N5O8S2/c29-16-10-11-18(30)20(14-16)33-34-26-22(44(37,38)39)12-15-13-23(45(40,41)42)27(28(36)24(15)25(26)31)35-32-19-8-4-5-9-21(19)43-17-6-2-1-3-7-17/h1-14,36H,31H2,(H,37,38,39)(H,40,41,42). The number of para-hydroxylation sites is 2. The highest BCUT2D eigenvalue weighted by Gasteiger charge is 2.28. The molecule has 0 aromatic heterocycles. The average molecular weight is 689 g/mol. The van der Waals surface area contributed by atoms with Gasteiger partial charge in [-0.15, -0.1) is 20.5 Å². The summed E-state index contributed by atoms with van der Waals surface area (Å²) in [5.74, 6) is -0.224. The molecular formula is C28H19Cl2N5O8S2. The van der Waals surface area contributed by atoms with Gasteiger partial charge in [0.05, 0.1) is 16.1 Å². The summed E-state index contributed by atoms with van der Waals surface area (Å²) in [6.45, 7) is 0. The summed E-state index contributed by atoms with van der Waals surface area (Å²) >= 11 is 12.1. The number of phenolic OH excluding ortho intramolecular Hbond substituents is 1. The molecule has 5 aromatic carbocycles. The van der Waals surface area contributed by atoms with Crippen LogP contribution in [0, 0.1) is 0 Å². The van der Waals surface area contributed by atoms with Crippen LogP contribution in [0.2, 0.25) is 10.0 Å². The molecule has 0 aliphatic rings. The molecule has 0 radical (unpaired) electrons. The topological polar surface area (TPSA) is 214 Å². The van der Waals surface area contributed by atoms with Gasteiger partial charge in [0.25, 0.3) is 20.2 Å². The molecule has 0 aliphatic carbocycles. The smallest absolute Gasteiger partial charge is 0.296 e. The Morgan fingerprint density at radius 1 is 0.689 bits per heavy atom. The van der Waals surface area contributed by atoms with E-state index in [0.717, 1.165) is 12.1 Å². The Kier molecular flexibility index (Phi) is 8.75. The predicted molar refractivity (Wildman–Crippen MR) is 167 cm³/mol. The van der Waals surface area contributed by atoms with Gasteiger partial charge in [0, 0.05) is 5.02 Å². The Balaban J connectivity index is 1.72. The maximum Gasteiger partial charge on any atom is 0.296 e. The van der Waals surface area contributed by atoms with Gasteiger partial charge in [0.2, 0.25) is 0 Å². The first-order valence-corrected chi connectivity index (χ1v) is 16.0. The van der Waals surface area contributed by atoms with Gasteiger partial charge in [-0.3, -0.25) is 9.11 Å². The largest absolute Gasteiger partial charge is 0.505 e. The maximum atomic E-state index is 12.4. The van der Waals surface area contributed by atoms with E-state index >= 15 is 0 Å². The Labute approximate surface area is 265 Å². The first kappa shape index (κ1) is 31.8. The third-order valence-corrected chi connectivity index (χ3v) is 8.42. The monoisotopic (exact) mass is 687 g/mol. The lowest BCUT2D eigenvalue weighted by Gasteiger charge is -2.14. The van der Waals surface area contributed by atoms with Crippen molar-refractivity contribution in [2.24, 2.45) is 20.5 Å². The molecule has 0 spiro atoms. The molecule has 0 heterocycles. The number of phenols is 1. The van der Waals surface area contributed by atoms with Gasteiger partial charge in [-0.05, 0) is 60.0 Å². The molecule has 0 fully saturated rings. The van der Waals surface area contributed by atoms with Crippen molar-refractivity contribution in [2.45, 2.75) is 9.79 Å². The zero-order chi connectivity index (χ0) is 32.5. The molecule has 0 saturated carbocycles. The van der Waals surface area contributed by atoms with Gasteiger partial charge in [0.15, 0.2) is 11.5 Å². The number of nitrogens with zero attached hydrogens (tertiary/aromatic N) is 4. The minimum atomic E-state index is -5.10. The second kappa shape index (κ2) is 12.4. The molecule has 45 heavy (non-hydrogen) atoms. The SMILES string of the molecule is Nc1c(N=Nc2cc(Cl)ccc2Cl)c(S(=O)(=O)O)cc2cc(S(=O)(=O)O)c(N=Nc3ccccc3Oc3ccccc3)c(O)c12. The molecule has 0 saturated heterocycles. The van der Waals surface area contributed by atoms with E-state index in [-0.39, 0.29) is 37.9 Å². The average Bonchev–Trinajstić information content (AvgIpc) is 2.97. The lowest BCUT2D eigenvalue weighted by atomic mass is 10.1. The van der Waals surface area contributed by atoms with E-state index < -0.39 is 52.8 Å². The van der Waals surface area contributed by atoms with Crippen molar-refractivity contribution in [1.82, 2.24) is 0 Å². The Morgan fingerprint density at radius 2 is 1.27 bits per heavy atom. The summed E-state index contributed by atoms with van der Waals surface area (Å²) in [4.78, 5) is -1.84. The molecule has 5 N–H and O–H groups in total. The van der Waals surface area contributed by atoms with Crippen molar-refractivity contribution in [2.75, 3.05) is 5.73 Å². The lowest BCUT2D eigenvalue weighted by Crippen LogP contribution is -2.03. The van der Waals surface area contributed by atoms with E-state index in [0.29, 0.717) is 5.75 Å². The number of aromatic hydroxyl groups is 1. The molecule has 230 valence electrons. The molecule has 0 unspecified atom stereocenters. The number of nitrogen functional groups attached to an aromatic ring is 1. The first-order chi connectivity index (χ1) is 21.2. The number of anilines is 1. The fraction of sp³-hybridized carbons (Fsp3) is 0. The van der Waals surface area contributed by atoms with Crippen LogP contribution in [0.3, 0.4) is 0 Å². The predicted octanol–water partition coefficient (Wildman–Crippen LogP) is 8.55. The highest BCUT2D eigenvalue weighted by atomic mass is 35.5. The molecule has 5 aromatic rings. The van der Waals surface area contributed by atoms with E-state index in [1.54, 1.807) is 48.5 Å². The normalized spacial score (nSPS) is 12.4. The molecule has 5 rings (SSSR count). The number of azo groups is 2. The van der Waals surface area contributed by atoms with Crippen LogP contribution in [0.4, 0.5) is 28.4 Å². The number of hydrogen-bond donors (Lipinski definition) is 4. The number of benzene rings is 5. The van der Waals surface area contributed by atoms with Crippen LogP contribution in [0.15, 0.2) is 115 Å². The van der Waals surface area contributed by atoms with E-state index in [9.17, 15) is 31.0 Å².